The van der Waals surface area contributed by atoms with Gasteiger partial charge in [0, 0.05) is 43.0 Å². The van der Waals surface area contributed by atoms with E-state index < -0.39 is 0 Å². The number of benzene rings is 2. The van der Waals surface area contributed by atoms with Gasteiger partial charge in [0.15, 0.2) is 6.61 Å². The number of carbonyl (C=O) groups excluding carboxylic acids is 2. The van der Waals surface area contributed by atoms with Gasteiger partial charge in [0.05, 0.1) is 5.75 Å². The van der Waals surface area contributed by atoms with Crippen LogP contribution in [0, 0.1) is 5.41 Å². The zero-order valence-corrected chi connectivity index (χ0v) is 21.6. The molecule has 1 aliphatic heterocycles. The van der Waals surface area contributed by atoms with Crippen LogP contribution in [0.4, 0.5) is 11.4 Å². The number of hydrogen-bond acceptors (Lipinski definition) is 8. The van der Waals surface area contributed by atoms with Crippen LogP contribution in [0.25, 0.3) is 0 Å². The fraction of sp³-hybridized carbons (Fsp3) is 0.385. The molecule has 1 N–H and O–H groups in total. The van der Waals surface area contributed by atoms with Gasteiger partial charge in [-0.1, -0.05) is 50.7 Å². The van der Waals surface area contributed by atoms with Gasteiger partial charge in [-0.15, -0.1) is 10.2 Å². The Labute approximate surface area is 215 Å². The molecule has 190 valence electrons. The number of hydrogen-bond donors (Lipinski definition) is 1. The summed E-state index contributed by atoms with van der Waals surface area (Å²) in [6.45, 7) is 9.01. The van der Waals surface area contributed by atoms with Crippen LogP contribution < -0.4 is 15.0 Å². The van der Waals surface area contributed by atoms with Crippen molar-refractivity contribution in [2.24, 2.45) is 5.41 Å². The monoisotopic (exact) mass is 509 g/mol. The number of para-hydroxylation sites is 1. The first-order valence-corrected chi connectivity index (χ1v) is 12.8. The quantitative estimate of drug-likeness (QED) is 0.454. The van der Waals surface area contributed by atoms with E-state index in [1.54, 1.807) is 0 Å². The molecule has 0 bridgehead atoms. The Hall–Kier alpha value is -3.53. The second-order valence-electron chi connectivity index (χ2n) is 9.48. The van der Waals surface area contributed by atoms with Crippen LogP contribution in [-0.4, -0.2) is 58.8 Å². The summed E-state index contributed by atoms with van der Waals surface area (Å²) in [5, 5.41) is 11.1. The smallest absolute Gasteiger partial charge is 0.277 e. The molecule has 3 aromatic rings. The molecule has 0 atom stereocenters. The number of ether oxygens (including phenoxy) is 1. The maximum Gasteiger partial charge on any atom is 0.277 e. The third-order valence-electron chi connectivity index (χ3n) is 5.61. The number of anilines is 2. The van der Waals surface area contributed by atoms with E-state index in [4.69, 9.17) is 9.15 Å². The van der Waals surface area contributed by atoms with Crippen LogP contribution in [0.3, 0.4) is 0 Å². The number of nitrogens with zero attached hydrogens (tertiary/aromatic N) is 4. The van der Waals surface area contributed by atoms with E-state index in [0.29, 0.717) is 35.6 Å². The molecule has 0 spiro atoms. The number of amides is 2. The van der Waals surface area contributed by atoms with Crippen molar-refractivity contribution >= 4 is 35.0 Å². The lowest BCUT2D eigenvalue weighted by Gasteiger charge is -2.38. The van der Waals surface area contributed by atoms with Crippen molar-refractivity contribution < 1.29 is 18.7 Å². The molecule has 1 aromatic heterocycles. The molecule has 4 rings (SSSR count). The minimum Gasteiger partial charge on any atom is -0.484 e. The van der Waals surface area contributed by atoms with Gasteiger partial charge in [-0.2, -0.15) is 0 Å². The number of piperazine rings is 1. The van der Waals surface area contributed by atoms with Gasteiger partial charge in [0.25, 0.3) is 11.1 Å². The lowest BCUT2D eigenvalue weighted by Crippen LogP contribution is -2.51. The van der Waals surface area contributed by atoms with Crippen molar-refractivity contribution in [1.29, 1.82) is 0 Å². The highest BCUT2D eigenvalue weighted by Crippen LogP contribution is 2.23. The normalized spacial score (nSPS) is 14.0. The van der Waals surface area contributed by atoms with Crippen LogP contribution in [0.2, 0.25) is 0 Å². The van der Waals surface area contributed by atoms with Gasteiger partial charge in [-0.05, 0) is 36.4 Å². The second-order valence-corrected chi connectivity index (χ2v) is 10.4. The number of nitrogens with one attached hydrogen (secondary N) is 1. The lowest BCUT2D eigenvalue weighted by atomic mass is 9.94. The highest BCUT2D eigenvalue weighted by atomic mass is 32.2. The molecule has 0 unspecified atom stereocenters. The first-order valence-electron chi connectivity index (χ1n) is 11.9. The van der Waals surface area contributed by atoms with Gasteiger partial charge >= 0.3 is 0 Å². The van der Waals surface area contributed by atoms with Crippen LogP contribution in [0.1, 0.15) is 26.7 Å². The predicted molar refractivity (Wildman–Crippen MR) is 139 cm³/mol. The van der Waals surface area contributed by atoms with Crippen LogP contribution in [0.5, 0.6) is 5.75 Å². The molecular formula is C26H31N5O4S. The van der Waals surface area contributed by atoms with E-state index in [0.717, 1.165) is 18.8 Å². The Morgan fingerprint density at radius 2 is 1.69 bits per heavy atom. The van der Waals surface area contributed by atoms with Crippen LogP contribution in [0.15, 0.2) is 64.2 Å². The van der Waals surface area contributed by atoms with Crippen molar-refractivity contribution in [3.05, 3.63) is 60.5 Å². The van der Waals surface area contributed by atoms with E-state index in [-0.39, 0.29) is 29.6 Å². The summed E-state index contributed by atoms with van der Waals surface area (Å²) in [5.41, 5.74) is 1.43. The molecule has 1 aliphatic rings. The first kappa shape index (κ1) is 25.6. The van der Waals surface area contributed by atoms with Gasteiger partial charge in [0.2, 0.25) is 11.8 Å². The van der Waals surface area contributed by atoms with Crippen molar-refractivity contribution in [1.82, 2.24) is 15.1 Å². The first-order chi connectivity index (χ1) is 17.3. The van der Waals surface area contributed by atoms with Crippen molar-refractivity contribution in [3.63, 3.8) is 0 Å². The van der Waals surface area contributed by atoms with Gasteiger partial charge in [0.1, 0.15) is 5.75 Å². The molecule has 0 radical (unpaired) electrons. The molecule has 0 saturated carbocycles. The fourth-order valence-electron chi connectivity index (χ4n) is 3.74. The molecule has 2 aromatic carbocycles. The average molecular weight is 510 g/mol. The standard InChI is InChI=1S/C26H31N5O4S/c1-26(2,3)24(33)31-15-13-30(14-16-31)20-11-9-19(10-12-20)27-22(32)18-36-25-29-28-23(35-25)17-34-21-7-5-4-6-8-21/h4-12H,13-18H2,1-3H3,(H,27,32). The maximum absolute atomic E-state index is 12.5. The summed E-state index contributed by atoms with van der Waals surface area (Å²) in [6, 6.07) is 17.1. The summed E-state index contributed by atoms with van der Waals surface area (Å²) in [5.74, 6) is 1.24. The average Bonchev–Trinajstić information content (AvgIpc) is 3.34. The largest absolute Gasteiger partial charge is 0.484 e. The molecule has 36 heavy (non-hydrogen) atoms. The Morgan fingerprint density at radius 1 is 1.00 bits per heavy atom. The number of carbonyl (C=O) groups is 2. The van der Waals surface area contributed by atoms with Crippen LogP contribution in [-0.2, 0) is 16.2 Å². The zero-order valence-electron chi connectivity index (χ0n) is 20.8. The Morgan fingerprint density at radius 3 is 2.36 bits per heavy atom. The Kier molecular flexibility index (Phi) is 8.14. The molecule has 2 heterocycles. The number of thioether (sulfide) groups is 1. The van der Waals surface area contributed by atoms with E-state index in [1.165, 1.54) is 11.8 Å². The Balaban J connectivity index is 1.20. The van der Waals surface area contributed by atoms with Crippen molar-refractivity contribution in [2.75, 3.05) is 42.1 Å². The third-order valence-corrected chi connectivity index (χ3v) is 6.42. The summed E-state index contributed by atoms with van der Waals surface area (Å²) in [4.78, 5) is 29.0. The summed E-state index contributed by atoms with van der Waals surface area (Å²) in [6.07, 6.45) is 0. The summed E-state index contributed by atoms with van der Waals surface area (Å²) >= 11 is 1.17. The number of rotatable bonds is 8. The van der Waals surface area contributed by atoms with Crippen LogP contribution >= 0.6 is 11.8 Å². The fourth-order valence-corrected chi connectivity index (χ4v) is 4.32. The van der Waals surface area contributed by atoms with E-state index in [2.05, 4.69) is 20.4 Å². The Bertz CT molecular complexity index is 1150. The summed E-state index contributed by atoms with van der Waals surface area (Å²) in [7, 11) is 0. The molecular weight excluding hydrogens is 478 g/mol. The minimum absolute atomic E-state index is 0.146. The molecule has 2 amide bonds. The third kappa shape index (κ3) is 7.00. The molecule has 9 nitrogen and oxygen atoms in total. The SMILES string of the molecule is CC(C)(C)C(=O)N1CCN(c2ccc(NC(=O)CSc3nnc(COc4ccccc4)o3)cc2)CC1. The molecule has 1 saturated heterocycles. The summed E-state index contributed by atoms with van der Waals surface area (Å²) < 4.78 is 11.1. The van der Waals surface area contributed by atoms with Crippen molar-refractivity contribution in [2.45, 2.75) is 32.6 Å². The lowest BCUT2D eigenvalue weighted by molar-refractivity contribution is -0.139. The highest BCUT2D eigenvalue weighted by Gasteiger charge is 2.29. The van der Waals surface area contributed by atoms with E-state index in [1.807, 2.05) is 80.3 Å². The molecule has 1 fully saturated rings. The minimum atomic E-state index is -0.358. The molecule has 0 aliphatic carbocycles. The molecule has 10 heteroatoms. The van der Waals surface area contributed by atoms with Crippen molar-refractivity contribution in [3.8, 4) is 5.75 Å². The number of aromatic nitrogens is 2. The zero-order chi connectivity index (χ0) is 25.5. The van der Waals surface area contributed by atoms with Gasteiger partial charge in [-0.25, -0.2) is 0 Å². The maximum atomic E-state index is 12.5. The van der Waals surface area contributed by atoms with Gasteiger partial charge in [-0.3, -0.25) is 9.59 Å². The van der Waals surface area contributed by atoms with E-state index in [9.17, 15) is 9.59 Å². The van der Waals surface area contributed by atoms with E-state index >= 15 is 0 Å². The highest BCUT2D eigenvalue weighted by molar-refractivity contribution is 7.99. The topological polar surface area (TPSA) is 101 Å². The van der Waals surface area contributed by atoms with Gasteiger partial charge < -0.3 is 24.3 Å². The predicted octanol–water partition coefficient (Wildman–Crippen LogP) is 4.07. The second kappa shape index (κ2) is 11.5.